The molecule has 22 heavy (non-hydrogen) atoms. The largest absolute Gasteiger partial charge is 0.466 e. The van der Waals surface area contributed by atoms with Gasteiger partial charge in [-0.1, -0.05) is 43.3 Å². The van der Waals surface area contributed by atoms with E-state index in [1.165, 1.54) is 12.7 Å². The molecule has 1 aromatic rings. The van der Waals surface area contributed by atoms with Crippen LogP contribution in [-0.4, -0.2) is 24.8 Å². The SMILES string of the molecule is COC(=O)C1=C[C@H](C)C[C@H]2C[C@H](Cc3ccccc3)[C@H]3O[C@]123. The normalized spacial score (nSPS) is 38.7. The van der Waals surface area contributed by atoms with Gasteiger partial charge in [-0.2, -0.15) is 0 Å². The van der Waals surface area contributed by atoms with Crippen molar-refractivity contribution in [3.05, 3.63) is 47.5 Å². The third-order valence-electron chi connectivity index (χ3n) is 5.58. The van der Waals surface area contributed by atoms with Gasteiger partial charge in [0, 0.05) is 0 Å². The molecule has 1 saturated heterocycles. The van der Waals surface area contributed by atoms with Crippen molar-refractivity contribution in [2.24, 2.45) is 17.8 Å². The number of carbonyl (C=O) groups is 1. The number of benzene rings is 1. The highest BCUT2D eigenvalue weighted by Crippen LogP contribution is 2.64. The van der Waals surface area contributed by atoms with E-state index in [0.717, 1.165) is 24.8 Å². The first kappa shape index (κ1) is 14.0. The fourth-order valence-corrected chi connectivity index (χ4v) is 4.70. The summed E-state index contributed by atoms with van der Waals surface area (Å²) in [5.74, 6) is 1.18. The fourth-order valence-electron chi connectivity index (χ4n) is 4.70. The lowest BCUT2D eigenvalue weighted by Gasteiger charge is -2.29. The number of rotatable bonds is 3. The van der Waals surface area contributed by atoms with Crippen LogP contribution in [0.2, 0.25) is 0 Å². The van der Waals surface area contributed by atoms with Crippen LogP contribution in [0.3, 0.4) is 0 Å². The van der Waals surface area contributed by atoms with Crippen LogP contribution in [0.25, 0.3) is 0 Å². The Labute approximate surface area is 131 Å². The monoisotopic (exact) mass is 298 g/mol. The van der Waals surface area contributed by atoms with E-state index in [9.17, 15) is 4.79 Å². The molecule has 3 aliphatic rings. The lowest BCUT2D eigenvalue weighted by molar-refractivity contribution is -0.137. The highest BCUT2D eigenvalue weighted by atomic mass is 16.6. The summed E-state index contributed by atoms with van der Waals surface area (Å²) < 4.78 is 11.1. The Morgan fingerprint density at radius 1 is 1.32 bits per heavy atom. The van der Waals surface area contributed by atoms with Gasteiger partial charge in [0.25, 0.3) is 0 Å². The molecule has 3 nitrogen and oxygen atoms in total. The number of allylic oxidation sites excluding steroid dienone is 1. The Morgan fingerprint density at radius 2 is 2.09 bits per heavy atom. The van der Waals surface area contributed by atoms with E-state index in [1.54, 1.807) is 0 Å². The fraction of sp³-hybridized carbons (Fsp3) is 0.526. The van der Waals surface area contributed by atoms with Crippen molar-refractivity contribution < 1.29 is 14.3 Å². The molecule has 2 aliphatic carbocycles. The van der Waals surface area contributed by atoms with Gasteiger partial charge < -0.3 is 9.47 Å². The van der Waals surface area contributed by atoms with Crippen molar-refractivity contribution in [3.63, 3.8) is 0 Å². The Morgan fingerprint density at radius 3 is 2.82 bits per heavy atom. The van der Waals surface area contributed by atoms with Crippen molar-refractivity contribution in [2.45, 2.75) is 37.9 Å². The third kappa shape index (κ3) is 1.95. The average molecular weight is 298 g/mol. The van der Waals surface area contributed by atoms with Gasteiger partial charge in [0.2, 0.25) is 0 Å². The first-order valence-electron chi connectivity index (χ1n) is 8.17. The number of hydrogen-bond acceptors (Lipinski definition) is 3. The number of carbonyl (C=O) groups excluding carboxylic acids is 1. The van der Waals surface area contributed by atoms with Crippen molar-refractivity contribution in [3.8, 4) is 0 Å². The van der Waals surface area contributed by atoms with E-state index < -0.39 is 0 Å². The lowest BCUT2D eigenvalue weighted by Crippen LogP contribution is -2.34. The predicted octanol–water partition coefficient (Wildman–Crippen LogP) is 3.14. The zero-order valence-electron chi connectivity index (χ0n) is 13.1. The van der Waals surface area contributed by atoms with Crippen LogP contribution in [-0.2, 0) is 20.7 Å². The average Bonchev–Trinajstić information content (AvgIpc) is 3.20. The van der Waals surface area contributed by atoms with Crippen molar-refractivity contribution in [1.29, 1.82) is 0 Å². The summed E-state index contributed by atoms with van der Waals surface area (Å²) in [7, 11) is 1.46. The molecule has 116 valence electrons. The second-order valence-electron chi connectivity index (χ2n) is 7.00. The van der Waals surface area contributed by atoms with Gasteiger partial charge in [-0.3, -0.25) is 0 Å². The minimum atomic E-state index is -0.334. The van der Waals surface area contributed by atoms with E-state index in [0.29, 0.717) is 17.8 Å². The van der Waals surface area contributed by atoms with Crippen LogP contribution in [0, 0.1) is 17.8 Å². The first-order chi connectivity index (χ1) is 10.6. The Hall–Kier alpha value is -1.61. The van der Waals surface area contributed by atoms with Gasteiger partial charge in [-0.25, -0.2) is 4.79 Å². The molecule has 4 rings (SSSR count). The van der Waals surface area contributed by atoms with E-state index in [4.69, 9.17) is 9.47 Å². The predicted molar refractivity (Wildman–Crippen MR) is 83.2 cm³/mol. The van der Waals surface area contributed by atoms with Gasteiger partial charge in [-0.05, 0) is 42.6 Å². The van der Waals surface area contributed by atoms with Crippen molar-refractivity contribution in [1.82, 2.24) is 0 Å². The summed E-state index contributed by atoms with van der Waals surface area (Å²) in [6, 6.07) is 10.6. The molecule has 2 fully saturated rings. The molecule has 1 heterocycles. The van der Waals surface area contributed by atoms with Gasteiger partial charge in [0.15, 0.2) is 0 Å². The topological polar surface area (TPSA) is 38.8 Å². The second kappa shape index (κ2) is 4.95. The molecule has 1 aliphatic heterocycles. The Bertz CT molecular complexity index is 621. The molecular formula is C19H22O3. The molecule has 1 saturated carbocycles. The molecule has 0 bridgehead atoms. The van der Waals surface area contributed by atoms with Crippen LogP contribution in [0.4, 0.5) is 0 Å². The zero-order valence-corrected chi connectivity index (χ0v) is 13.1. The number of epoxide rings is 1. The van der Waals surface area contributed by atoms with Gasteiger partial charge >= 0.3 is 5.97 Å². The summed E-state index contributed by atoms with van der Waals surface area (Å²) >= 11 is 0. The smallest absolute Gasteiger partial charge is 0.336 e. The maximum Gasteiger partial charge on any atom is 0.336 e. The summed E-state index contributed by atoms with van der Waals surface area (Å²) in [6.07, 6.45) is 5.57. The molecule has 0 unspecified atom stereocenters. The van der Waals surface area contributed by atoms with E-state index in [-0.39, 0.29) is 17.7 Å². The molecule has 0 amide bonds. The van der Waals surface area contributed by atoms with Crippen LogP contribution >= 0.6 is 0 Å². The lowest BCUT2D eigenvalue weighted by atomic mass is 9.75. The molecule has 0 radical (unpaired) electrons. The molecule has 5 atom stereocenters. The number of ether oxygens (including phenoxy) is 2. The molecule has 0 N–H and O–H groups in total. The molecule has 0 aromatic heterocycles. The highest BCUT2D eigenvalue weighted by molar-refractivity contribution is 5.92. The molecular weight excluding hydrogens is 276 g/mol. The van der Waals surface area contributed by atoms with Gasteiger partial charge in [0.1, 0.15) is 5.60 Å². The van der Waals surface area contributed by atoms with Crippen molar-refractivity contribution >= 4 is 5.97 Å². The molecule has 1 aromatic carbocycles. The van der Waals surface area contributed by atoms with Crippen LogP contribution in [0.15, 0.2) is 42.0 Å². The van der Waals surface area contributed by atoms with Crippen LogP contribution in [0.1, 0.15) is 25.3 Å². The van der Waals surface area contributed by atoms with Gasteiger partial charge in [-0.15, -0.1) is 0 Å². The standard InChI is InChI=1S/C19H22O3/c1-12-8-15-11-14(10-13-6-4-3-5-7-13)17-19(15,22-17)16(9-12)18(20)21-2/h3-7,9,12,14-15,17H,8,10-11H2,1-2H3/t12-,14+,15+,17-,19+/m1/s1. The first-order valence-corrected chi connectivity index (χ1v) is 8.17. The van der Waals surface area contributed by atoms with Crippen LogP contribution in [0.5, 0.6) is 0 Å². The van der Waals surface area contributed by atoms with E-state index >= 15 is 0 Å². The minimum Gasteiger partial charge on any atom is -0.466 e. The van der Waals surface area contributed by atoms with E-state index in [2.05, 4.69) is 37.3 Å². The summed E-state index contributed by atoms with van der Waals surface area (Å²) in [5.41, 5.74) is 1.80. The maximum atomic E-state index is 12.2. The minimum absolute atomic E-state index is 0.190. The third-order valence-corrected chi connectivity index (χ3v) is 5.58. The Balaban J connectivity index is 1.59. The summed E-state index contributed by atoms with van der Waals surface area (Å²) in [5, 5.41) is 0. The Kier molecular flexibility index (Phi) is 3.15. The molecule has 1 spiro atoms. The summed E-state index contributed by atoms with van der Waals surface area (Å²) in [6.45, 7) is 2.18. The van der Waals surface area contributed by atoms with E-state index in [1.807, 2.05) is 6.07 Å². The number of esters is 1. The maximum absolute atomic E-state index is 12.2. The zero-order chi connectivity index (χ0) is 15.3. The van der Waals surface area contributed by atoms with Gasteiger partial charge in [0.05, 0.1) is 18.8 Å². The van der Waals surface area contributed by atoms with Crippen molar-refractivity contribution in [2.75, 3.05) is 7.11 Å². The quantitative estimate of drug-likeness (QED) is 0.635. The molecule has 3 heteroatoms. The summed E-state index contributed by atoms with van der Waals surface area (Å²) in [4.78, 5) is 12.2. The number of hydrogen-bond donors (Lipinski definition) is 0. The second-order valence-corrected chi connectivity index (χ2v) is 7.00. The van der Waals surface area contributed by atoms with Crippen LogP contribution < -0.4 is 0 Å². The highest BCUT2D eigenvalue weighted by Gasteiger charge is 2.73. The number of methoxy groups -OCH3 is 1.